The summed E-state index contributed by atoms with van der Waals surface area (Å²) in [6.07, 6.45) is 10.2. The molecule has 1 aliphatic rings. The van der Waals surface area contributed by atoms with Gasteiger partial charge in [-0.3, -0.25) is 4.79 Å². The molecule has 0 bridgehead atoms. The smallest absolute Gasteiger partial charge is 0.163 e. The molecule has 0 spiro atoms. The number of phenolic OH excluding ortho intramolecular Hbond substituents is 2. The van der Waals surface area contributed by atoms with Crippen LogP contribution in [0.1, 0.15) is 63.5 Å². The molecule has 0 unspecified atom stereocenters. The number of aromatic hydroxyl groups is 2. The van der Waals surface area contributed by atoms with Gasteiger partial charge in [0.15, 0.2) is 17.3 Å². The summed E-state index contributed by atoms with van der Waals surface area (Å²) >= 11 is 0. The molecule has 1 aliphatic carbocycles. The van der Waals surface area contributed by atoms with Crippen LogP contribution in [0.25, 0.3) is 11.1 Å². The highest BCUT2D eigenvalue weighted by atomic mass is 16.3. The number of fused-ring (bicyclic) bond motifs is 1. The number of carbonyl (C=O) groups excluding carboxylic acids is 1. The van der Waals surface area contributed by atoms with Crippen molar-refractivity contribution in [3.8, 4) is 11.5 Å². The molecule has 1 aromatic rings. The van der Waals surface area contributed by atoms with Crippen molar-refractivity contribution in [1.29, 1.82) is 0 Å². The molecule has 2 N–H and O–H groups in total. The lowest BCUT2D eigenvalue weighted by atomic mass is 9.99. The number of hydrogen-bond donors (Lipinski definition) is 2. The van der Waals surface area contributed by atoms with Gasteiger partial charge in [-0.05, 0) is 47.8 Å². The Labute approximate surface area is 132 Å². The van der Waals surface area contributed by atoms with Gasteiger partial charge in [0.1, 0.15) is 0 Å². The summed E-state index contributed by atoms with van der Waals surface area (Å²) in [6, 6.07) is 3.04. The van der Waals surface area contributed by atoms with Crippen molar-refractivity contribution in [3.63, 3.8) is 0 Å². The molecule has 0 aliphatic heterocycles. The van der Waals surface area contributed by atoms with Crippen LogP contribution < -0.4 is 0 Å². The van der Waals surface area contributed by atoms with Gasteiger partial charge in [-0.15, -0.1) is 0 Å². The zero-order valence-corrected chi connectivity index (χ0v) is 13.4. The molecule has 118 valence electrons. The molecule has 3 heteroatoms. The maximum absolute atomic E-state index is 12.1. The fourth-order valence-electron chi connectivity index (χ4n) is 2.77. The molecule has 0 heterocycles. The Hall–Kier alpha value is -2.03. The van der Waals surface area contributed by atoms with Crippen LogP contribution in [-0.4, -0.2) is 16.0 Å². The Balaban J connectivity index is 2.29. The van der Waals surface area contributed by atoms with E-state index in [2.05, 4.69) is 13.0 Å². The van der Waals surface area contributed by atoms with Crippen LogP contribution >= 0.6 is 0 Å². The normalized spacial score (nSPS) is 15.0. The Morgan fingerprint density at radius 2 is 1.73 bits per heavy atom. The molecule has 0 atom stereocenters. The van der Waals surface area contributed by atoms with Gasteiger partial charge in [0.25, 0.3) is 0 Å². The average molecular weight is 300 g/mol. The van der Waals surface area contributed by atoms with Crippen molar-refractivity contribution >= 4 is 16.9 Å². The Morgan fingerprint density at radius 3 is 2.36 bits per heavy atom. The molecular formula is C19H24O3. The number of benzene rings is 1. The summed E-state index contributed by atoms with van der Waals surface area (Å²) in [5.74, 6) is -0.271. The molecular weight excluding hydrogens is 276 g/mol. The summed E-state index contributed by atoms with van der Waals surface area (Å²) in [7, 11) is 0. The van der Waals surface area contributed by atoms with Crippen LogP contribution in [-0.2, 0) is 4.79 Å². The molecule has 22 heavy (non-hydrogen) atoms. The van der Waals surface area contributed by atoms with Crippen molar-refractivity contribution in [2.24, 2.45) is 0 Å². The minimum Gasteiger partial charge on any atom is -0.504 e. The molecule has 2 rings (SSSR count). The van der Waals surface area contributed by atoms with Crippen molar-refractivity contribution in [2.45, 2.75) is 52.4 Å². The summed E-state index contributed by atoms with van der Waals surface area (Å²) < 4.78 is 0. The lowest BCUT2D eigenvalue weighted by Gasteiger charge is -2.07. The van der Waals surface area contributed by atoms with Gasteiger partial charge in [-0.25, -0.2) is 0 Å². The minimum atomic E-state index is -0.183. The molecule has 0 saturated heterocycles. The fourth-order valence-corrected chi connectivity index (χ4v) is 2.77. The van der Waals surface area contributed by atoms with E-state index in [1.54, 1.807) is 6.07 Å². The number of Topliss-reactive ketones (excluding diaryl/α,β-unsaturated/α-hetero) is 1. The second-order valence-electron chi connectivity index (χ2n) is 5.73. The maximum atomic E-state index is 12.1. The average Bonchev–Trinajstić information content (AvgIpc) is 2.85. The van der Waals surface area contributed by atoms with Crippen LogP contribution in [0.4, 0.5) is 0 Å². The van der Waals surface area contributed by atoms with E-state index in [-0.39, 0.29) is 17.3 Å². The lowest BCUT2D eigenvalue weighted by molar-refractivity contribution is -0.113. The first-order valence-electron chi connectivity index (χ1n) is 8.10. The third-order valence-corrected chi connectivity index (χ3v) is 4.06. The molecule has 0 amide bonds. The predicted octanol–water partition coefficient (Wildman–Crippen LogP) is 4.83. The third kappa shape index (κ3) is 3.41. The first-order valence-corrected chi connectivity index (χ1v) is 8.10. The van der Waals surface area contributed by atoms with Crippen molar-refractivity contribution in [1.82, 2.24) is 0 Å². The highest BCUT2D eigenvalue weighted by Crippen LogP contribution is 2.42. The number of hydrogen-bond acceptors (Lipinski definition) is 3. The van der Waals surface area contributed by atoms with Gasteiger partial charge in [-0.1, -0.05) is 39.2 Å². The second-order valence-corrected chi connectivity index (χ2v) is 5.73. The van der Waals surface area contributed by atoms with Crippen LogP contribution in [0, 0.1) is 0 Å². The van der Waals surface area contributed by atoms with Gasteiger partial charge >= 0.3 is 0 Å². The molecule has 0 fully saturated rings. The maximum Gasteiger partial charge on any atom is 0.163 e. The Kier molecular flexibility index (Phi) is 5.42. The third-order valence-electron chi connectivity index (χ3n) is 4.06. The van der Waals surface area contributed by atoms with Crippen molar-refractivity contribution < 1.29 is 15.0 Å². The zero-order chi connectivity index (χ0) is 16.1. The monoisotopic (exact) mass is 300 g/mol. The SMILES string of the molecule is CCCCCC/C=C1\C=C(C(=O)CC)c2cc(O)c(O)cc21. The standard InChI is InChI=1S/C19H24O3/c1-3-5-6-7-8-9-13-10-16(17(20)4-2)15-12-19(22)18(21)11-14(13)15/h9-12,21-22H,3-8H2,1-2H3/b13-9+. The Bertz CT molecular complexity index is 624. The van der Waals surface area contributed by atoms with E-state index in [9.17, 15) is 15.0 Å². The second kappa shape index (κ2) is 7.30. The highest BCUT2D eigenvalue weighted by molar-refractivity contribution is 6.26. The number of ketones is 1. The van der Waals surface area contributed by atoms with Gasteiger partial charge in [0.2, 0.25) is 0 Å². The molecule has 0 saturated carbocycles. The Morgan fingerprint density at radius 1 is 1.05 bits per heavy atom. The van der Waals surface area contributed by atoms with E-state index in [1.807, 2.05) is 13.0 Å². The van der Waals surface area contributed by atoms with Gasteiger partial charge in [-0.2, -0.15) is 0 Å². The first kappa shape index (κ1) is 16.3. The highest BCUT2D eigenvalue weighted by Gasteiger charge is 2.24. The molecule has 0 aromatic heterocycles. The lowest BCUT2D eigenvalue weighted by Crippen LogP contribution is -1.97. The van der Waals surface area contributed by atoms with E-state index in [1.165, 1.54) is 25.3 Å². The molecule has 1 aromatic carbocycles. The van der Waals surface area contributed by atoms with E-state index in [4.69, 9.17) is 0 Å². The molecule has 0 radical (unpaired) electrons. The molecule has 3 nitrogen and oxygen atoms in total. The largest absolute Gasteiger partial charge is 0.504 e. The number of unbranched alkanes of at least 4 members (excludes halogenated alkanes) is 4. The van der Waals surface area contributed by atoms with Crippen LogP contribution in [0.2, 0.25) is 0 Å². The van der Waals surface area contributed by atoms with Crippen LogP contribution in [0.3, 0.4) is 0 Å². The van der Waals surface area contributed by atoms with E-state index in [0.717, 1.165) is 29.5 Å². The summed E-state index contributed by atoms with van der Waals surface area (Å²) in [5, 5.41) is 19.4. The number of rotatable bonds is 7. The van der Waals surface area contributed by atoms with Gasteiger partial charge in [0, 0.05) is 12.0 Å². The quantitative estimate of drug-likeness (QED) is 0.560. The number of carbonyl (C=O) groups is 1. The summed E-state index contributed by atoms with van der Waals surface area (Å²) in [4.78, 5) is 12.1. The van der Waals surface area contributed by atoms with E-state index >= 15 is 0 Å². The van der Waals surface area contributed by atoms with Gasteiger partial charge < -0.3 is 10.2 Å². The van der Waals surface area contributed by atoms with Crippen molar-refractivity contribution in [3.05, 3.63) is 35.4 Å². The van der Waals surface area contributed by atoms with Crippen LogP contribution in [0.15, 0.2) is 24.3 Å². The number of phenols is 2. The number of allylic oxidation sites excluding steroid dienone is 4. The van der Waals surface area contributed by atoms with Crippen LogP contribution in [0.5, 0.6) is 11.5 Å². The summed E-state index contributed by atoms with van der Waals surface area (Å²) in [5.41, 5.74) is 3.16. The van der Waals surface area contributed by atoms with E-state index < -0.39 is 0 Å². The van der Waals surface area contributed by atoms with Gasteiger partial charge in [0.05, 0.1) is 0 Å². The minimum absolute atomic E-state index is 0.0562. The first-order chi connectivity index (χ1) is 10.6. The van der Waals surface area contributed by atoms with Crippen molar-refractivity contribution in [2.75, 3.05) is 0 Å². The fraction of sp³-hybridized carbons (Fsp3) is 0.421. The topological polar surface area (TPSA) is 57.5 Å². The zero-order valence-electron chi connectivity index (χ0n) is 13.4. The summed E-state index contributed by atoms with van der Waals surface area (Å²) in [6.45, 7) is 4.02. The van der Waals surface area contributed by atoms with E-state index in [0.29, 0.717) is 12.0 Å². The predicted molar refractivity (Wildman–Crippen MR) is 89.8 cm³/mol.